The summed E-state index contributed by atoms with van der Waals surface area (Å²) >= 11 is 0. The van der Waals surface area contributed by atoms with E-state index in [1.54, 1.807) is 29.3 Å². The number of sulfonamides is 1. The number of benzene rings is 1. The number of nitrogens with two attached hydrogens (primary N) is 1. The molecule has 0 aliphatic carbocycles. The summed E-state index contributed by atoms with van der Waals surface area (Å²) < 4.78 is 28.1. The zero-order chi connectivity index (χ0) is 21.9. The maximum atomic E-state index is 12.2. The van der Waals surface area contributed by atoms with Crippen molar-refractivity contribution in [2.75, 3.05) is 36.4 Å². The number of carbonyl (C=O) groups is 1. The first-order chi connectivity index (χ1) is 14.0. The number of primary sulfonamides is 1. The number of ether oxygens (including phenoxy) is 1. The summed E-state index contributed by atoms with van der Waals surface area (Å²) in [6.07, 6.45) is 1.33. The SMILES string of the molecule is CC(C)(C)OC(=O)N1CCN(c2ccnc(Nc3ccc(S(N)(=O)=O)cc3)n2)CC1. The van der Waals surface area contributed by atoms with Crippen LogP contribution in [0.25, 0.3) is 0 Å². The van der Waals surface area contributed by atoms with Gasteiger partial charge in [0.05, 0.1) is 4.90 Å². The molecule has 10 nitrogen and oxygen atoms in total. The predicted octanol–water partition coefficient (Wildman–Crippen LogP) is 1.92. The van der Waals surface area contributed by atoms with Gasteiger partial charge in [-0.3, -0.25) is 0 Å². The van der Waals surface area contributed by atoms with E-state index in [2.05, 4.69) is 20.2 Å². The van der Waals surface area contributed by atoms with Gasteiger partial charge in [-0.15, -0.1) is 0 Å². The van der Waals surface area contributed by atoms with Crippen LogP contribution < -0.4 is 15.4 Å². The van der Waals surface area contributed by atoms with Crippen molar-refractivity contribution in [3.63, 3.8) is 0 Å². The van der Waals surface area contributed by atoms with E-state index < -0.39 is 15.6 Å². The summed E-state index contributed by atoms with van der Waals surface area (Å²) in [7, 11) is -3.74. The third-order valence-corrected chi connectivity index (χ3v) is 5.26. The molecule has 2 heterocycles. The first kappa shape index (κ1) is 21.8. The molecule has 1 aliphatic heterocycles. The van der Waals surface area contributed by atoms with Crippen LogP contribution >= 0.6 is 0 Å². The molecule has 3 N–H and O–H groups in total. The second kappa shape index (κ2) is 8.44. The number of aromatic nitrogens is 2. The van der Waals surface area contributed by atoms with E-state index >= 15 is 0 Å². The Balaban J connectivity index is 1.62. The van der Waals surface area contributed by atoms with Crippen LogP contribution in [0, 0.1) is 0 Å². The quantitative estimate of drug-likeness (QED) is 0.746. The van der Waals surface area contributed by atoms with Gasteiger partial charge in [-0.25, -0.2) is 23.3 Å². The van der Waals surface area contributed by atoms with E-state index in [0.717, 1.165) is 5.82 Å². The molecule has 1 aliphatic rings. The van der Waals surface area contributed by atoms with Gasteiger partial charge in [0.1, 0.15) is 11.4 Å². The van der Waals surface area contributed by atoms with Crippen LogP contribution in [0.5, 0.6) is 0 Å². The Morgan fingerprint density at radius 3 is 2.30 bits per heavy atom. The fourth-order valence-electron chi connectivity index (χ4n) is 2.89. The lowest BCUT2D eigenvalue weighted by atomic mass is 10.2. The molecule has 3 rings (SSSR count). The number of nitrogens with one attached hydrogen (secondary N) is 1. The van der Waals surface area contributed by atoms with Crippen molar-refractivity contribution in [2.45, 2.75) is 31.3 Å². The summed E-state index contributed by atoms with van der Waals surface area (Å²) in [5, 5.41) is 8.16. The van der Waals surface area contributed by atoms with Crippen LogP contribution in [0.3, 0.4) is 0 Å². The summed E-state index contributed by atoms with van der Waals surface area (Å²) in [6.45, 7) is 7.86. The highest BCUT2D eigenvalue weighted by Crippen LogP contribution is 2.20. The second-order valence-corrected chi connectivity index (χ2v) is 9.45. The standard InChI is InChI=1S/C19H26N6O4S/c1-19(2,3)29-18(26)25-12-10-24(11-13-25)16-8-9-21-17(23-16)22-14-4-6-15(7-5-14)30(20,27)28/h4-9H,10-13H2,1-3H3,(H2,20,27,28)(H,21,22,23). The highest BCUT2D eigenvalue weighted by atomic mass is 32.2. The van der Waals surface area contributed by atoms with Gasteiger partial charge in [0, 0.05) is 38.1 Å². The third-order valence-electron chi connectivity index (χ3n) is 4.34. The maximum Gasteiger partial charge on any atom is 0.410 e. The van der Waals surface area contributed by atoms with Crippen molar-refractivity contribution in [3.05, 3.63) is 36.5 Å². The Hall–Kier alpha value is -2.92. The highest BCUT2D eigenvalue weighted by molar-refractivity contribution is 7.89. The highest BCUT2D eigenvalue weighted by Gasteiger charge is 2.26. The van der Waals surface area contributed by atoms with Gasteiger partial charge in [-0.1, -0.05) is 0 Å². The van der Waals surface area contributed by atoms with Crippen molar-refractivity contribution in [1.29, 1.82) is 0 Å². The van der Waals surface area contributed by atoms with Crippen LogP contribution in [0.2, 0.25) is 0 Å². The van der Waals surface area contributed by atoms with Gasteiger partial charge in [-0.05, 0) is 51.1 Å². The number of anilines is 3. The molecule has 1 amide bonds. The van der Waals surface area contributed by atoms with Crippen LogP contribution in [0.4, 0.5) is 22.2 Å². The monoisotopic (exact) mass is 434 g/mol. The number of hydrogen-bond acceptors (Lipinski definition) is 8. The lowest BCUT2D eigenvalue weighted by Gasteiger charge is -2.36. The van der Waals surface area contributed by atoms with E-state index in [-0.39, 0.29) is 11.0 Å². The van der Waals surface area contributed by atoms with E-state index in [9.17, 15) is 13.2 Å². The Bertz CT molecular complexity index is 996. The summed E-state index contributed by atoms with van der Waals surface area (Å²) in [4.78, 5) is 24.7. The molecule has 0 atom stereocenters. The first-order valence-electron chi connectivity index (χ1n) is 9.47. The molecule has 0 saturated carbocycles. The van der Waals surface area contributed by atoms with Gasteiger partial charge in [0.2, 0.25) is 16.0 Å². The fraction of sp³-hybridized carbons (Fsp3) is 0.421. The number of piperazine rings is 1. The molecule has 2 aromatic rings. The van der Waals surface area contributed by atoms with Crippen molar-refractivity contribution in [2.24, 2.45) is 5.14 Å². The fourth-order valence-corrected chi connectivity index (χ4v) is 3.40. The Morgan fingerprint density at radius 1 is 1.10 bits per heavy atom. The molecule has 0 unspecified atom stereocenters. The topological polar surface area (TPSA) is 131 Å². The summed E-state index contributed by atoms with van der Waals surface area (Å²) in [6, 6.07) is 7.82. The molecule has 30 heavy (non-hydrogen) atoms. The number of carbonyl (C=O) groups excluding carboxylic acids is 1. The Labute approximate surface area is 176 Å². The minimum Gasteiger partial charge on any atom is -0.444 e. The average Bonchev–Trinajstić information content (AvgIpc) is 2.67. The van der Waals surface area contributed by atoms with Crippen molar-refractivity contribution >= 4 is 33.6 Å². The van der Waals surface area contributed by atoms with E-state index in [0.29, 0.717) is 37.8 Å². The first-order valence-corrected chi connectivity index (χ1v) is 11.0. The van der Waals surface area contributed by atoms with Crippen molar-refractivity contribution in [3.8, 4) is 0 Å². The average molecular weight is 435 g/mol. The molecule has 11 heteroatoms. The number of amides is 1. The number of rotatable bonds is 4. The summed E-state index contributed by atoms with van der Waals surface area (Å²) in [5.74, 6) is 1.11. The molecule has 0 spiro atoms. The molecule has 1 saturated heterocycles. The van der Waals surface area contributed by atoms with E-state index in [4.69, 9.17) is 9.88 Å². The molecular weight excluding hydrogens is 408 g/mol. The maximum absolute atomic E-state index is 12.2. The van der Waals surface area contributed by atoms with Crippen molar-refractivity contribution in [1.82, 2.24) is 14.9 Å². The molecule has 1 aromatic heterocycles. The third kappa shape index (κ3) is 5.80. The largest absolute Gasteiger partial charge is 0.444 e. The van der Waals surface area contributed by atoms with Crippen LogP contribution in [0.15, 0.2) is 41.4 Å². The smallest absolute Gasteiger partial charge is 0.410 e. The molecule has 0 radical (unpaired) electrons. The number of hydrogen-bond donors (Lipinski definition) is 2. The molecule has 162 valence electrons. The Morgan fingerprint density at radius 2 is 1.73 bits per heavy atom. The minimum absolute atomic E-state index is 0.0329. The van der Waals surface area contributed by atoms with E-state index in [1.165, 1.54) is 12.1 Å². The molecule has 0 bridgehead atoms. The van der Waals surface area contributed by atoms with Gasteiger partial charge < -0.3 is 19.9 Å². The lowest BCUT2D eigenvalue weighted by molar-refractivity contribution is 0.0240. The van der Waals surface area contributed by atoms with E-state index in [1.807, 2.05) is 20.8 Å². The second-order valence-electron chi connectivity index (χ2n) is 7.89. The summed E-state index contributed by atoms with van der Waals surface area (Å²) in [5.41, 5.74) is 0.114. The zero-order valence-electron chi connectivity index (χ0n) is 17.2. The zero-order valence-corrected chi connectivity index (χ0v) is 18.0. The van der Waals surface area contributed by atoms with Crippen LogP contribution in [-0.2, 0) is 14.8 Å². The minimum atomic E-state index is -3.74. The lowest BCUT2D eigenvalue weighted by Crippen LogP contribution is -2.50. The molecular formula is C19H26N6O4S. The van der Waals surface area contributed by atoms with Crippen LogP contribution in [-0.4, -0.2) is 61.2 Å². The van der Waals surface area contributed by atoms with Crippen molar-refractivity contribution < 1.29 is 17.9 Å². The Kier molecular flexibility index (Phi) is 6.13. The molecule has 1 fully saturated rings. The van der Waals surface area contributed by atoms with Gasteiger partial charge >= 0.3 is 6.09 Å². The predicted molar refractivity (Wildman–Crippen MR) is 113 cm³/mol. The van der Waals surface area contributed by atoms with Gasteiger partial charge in [-0.2, -0.15) is 4.98 Å². The number of nitrogens with zero attached hydrogens (tertiary/aromatic N) is 4. The van der Waals surface area contributed by atoms with Crippen LogP contribution in [0.1, 0.15) is 20.8 Å². The van der Waals surface area contributed by atoms with Gasteiger partial charge in [0.25, 0.3) is 0 Å². The normalized spacial score (nSPS) is 15.1. The molecule has 1 aromatic carbocycles. The van der Waals surface area contributed by atoms with Gasteiger partial charge in [0.15, 0.2) is 0 Å².